The predicted octanol–water partition coefficient (Wildman–Crippen LogP) is 1.16. The Morgan fingerprint density at radius 3 is 2.89 bits per heavy atom. The van der Waals surface area contributed by atoms with Gasteiger partial charge in [0.1, 0.15) is 5.82 Å². The van der Waals surface area contributed by atoms with Gasteiger partial charge in [-0.2, -0.15) is 5.26 Å². The van der Waals surface area contributed by atoms with E-state index in [0.717, 1.165) is 0 Å². The Morgan fingerprint density at radius 2 is 2.22 bits per heavy atom. The van der Waals surface area contributed by atoms with Crippen LogP contribution in [0, 0.1) is 17.1 Å². The van der Waals surface area contributed by atoms with Crippen molar-refractivity contribution < 1.29 is 14.2 Å². The van der Waals surface area contributed by atoms with E-state index in [1.807, 2.05) is 6.07 Å². The first kappa shape index (κ1) is 14.6. The monoisotopic (exact) mass is 252 g/mol. The lowest BCUT2D eigenvalue weighted by Crippen LogP contribution is -2.32. The van der Waals surface area contributed by atoms with E-state index in [-0.39, 0.29) is 25.6 Å². The fourth-order valence-electron chi connectivity index (χ4n) is 1.52. The van der Waals surface area contributed by atoms with Crippen molar-refractivity contribution in [3.63, 3.8) is 0 Å². The van der Waals surface area contributed by atoms with Gasteiger partial charge in [0.2, 0.25) is 0 Å². The number of aliphatic hydroxyl groups excluding tert-OH is 1. The second kappa shape index (κ2) is 7.77. The molecule has 0 bridgehead atoms. The Kier molecular flexibility index (Phi) is 6.29. The number of rotatable bonds is 7. The van der Waals surface area contributed by atoms with Crippen LogP contribution in [0.15, 0.2) is 24.3 Å². The average molecular weight is 252 g/mol. The van der Waals surface area contributed by atoms with E-state index in [9.17, 15) is 9.50 Å². The molecule has 98 valence electrons. The van der Waals surface area contributed by atoms with Crippen molar-refractivity contribution in [3.05, 3.63) is 35.6 Å². The molecule has 0 aliphatic carbocycles. The Bertz CT molecular complexity index is 406. The van der Waals surface area contributed by atoms with Crippen molar-refractivity contribution in [2.45, 2.75) is 12.7 Å². The molecule has 0 amide bonds. The molecule has 0 aliphatic heterocycles. The highest BCUT2D eigenvalue weighted by Gasteiger charge is 2.08. The quantitative estimate of drug-likeness (QED) is 0.740. The van der Waals surface area contributed by atoms with Gasteiger partial charge in [-0.05, 0) is 13.1 Å². The van der Waals surface area contributed by atoms with Crippen LogP contribution >= 0.6 is 0 Å². The second-order valence-corrected chi connectivity index (χ2v) is 4.12. The number of nitriles is 1. The Hall–Kier alpha value is -1.48. The molecule has 0 fully saturated rings. The van der Waals surface area contributed by atoms with Crippen molar-refractivity contribution in [1.29, 1.82) is 5.26 Å². The van der Waals surface area contributed by atoms with Gasteiger partial charge in [0.25, 0.3) is 0 Å². The van der Waals surface area contributed by atoms with Crippen molar-refractivity contribution in [2.75, 3.05) is 26.7 Å². The number of benzene rings is 1. The molecule has 0 aromatic heterocycles. The first-order valence-corrected chi connectivity index (χ1v) is 5.68. The second-order valence-electron chi connectivity index (χ2n) is 4.12. The smallest absolute Gasteiger partial charge is 0.128 e. The summed E-state index contributed by atoms with van der Waals surface area (Å²) in [6.45, 7) is 0.852. The fraction of sp³-hybridized carbons (Fsp3) is 0.462. The van der Waals surface area contributed by atoms with Crippen molar-refractivity contribution >= 4 is 0 Å². The molecule has 1 aromatic carbocycles. The summed E-state index contributed by atoms with van der Waals surface area (Å²) in [5, 5.41) is 18.1. The third kappa shape index (κ3) is 5.23. The summed E-state index contributed by atoms with van der Waals surface area (Å²) in [7, 11) is 1.74. The minimum Gasteiger partial charge on any atom is -0.389 e. The third-order valence-electron chi connectivity index (χ3n) is 2.39. The molecular weight excluding hydrogens is 235 g/mol. The van der Waals surface area contributed by atoms with Gasteiger partial charge in [0.15, 0.2) is 0 Å². The molecule has 1 aromatic rings. The standard InChI is InChI=1S/C13H17FN2O2/c1-16(7-6-15)8-12(17)10-18-9-11-4-2-3-5-13(11)14/h2-5,12,17H,7-10H2,1H3. The van der Waals surface area contributed by atoms with Gasteiger partial charge in [-0.15, -0.1) is 0 Å². The largest absolute Gasteiger partial charge is 0.389 e. The molecule has 1 atom stereocenters. The van der Waals surface area contributed by atoms with E-state index < -0.39 is 6.10 Å². The van der Waals surface area contributed by atoms with Crippen LogP contribution in [0.4, 0.5) is 4.39 Å². The maximum Gasteiger partial charge on any atom is 0.128 e. The summed E-state index contributed by atoms with van der Waals surface area (Å²) in [6, 6.07) is 8.35. The van der Waals surface area contributed by atoms with Gasteiger partial charge >= 0.3 is 0 Å². The summed E-state index contributed by atoms with van der Waals surface area (Å²) < 4.78 is 18.5. The summed E-state index contributed by atoms with van der Waals surface area (Å²) in [6.07, 6.45) is -0.685. The molecule has 1 unspecified atom stereocenters. The molecule has 4 nitrogen and oxygen atoms in total. The maximum absolute atomic E-state index is 13.2. The Labute approximate surface area is 106 Å². The van der Waals surface area contributed by atoms with Gasteiger partial charge < -0.3 is 9.84 Å². The van der Waals surface area contributed by atoms with Crippen LogP contribution in [-0.2, 0) is 11.3 Å². The van der Waals surface area contributed by atoms with Gasteiger partial charge in [0.05, 0.1) is 31.9 Å². The lowest BCUT2D eigenvalue weighted by Gasteiger charge is -2.17. The number of hydrogen-bond acceptors (Lipinski definition) is 4. The number of nitrogens with zero attached hydrogens (tertiary/aromatic N) is 2. The molecule has 0 aliphatic rings. The predicted molar refractivity (Wildman–Crippen MR) is 65.2 cm³/mol. The number of likely N-dealkylation sites (N-methyl/N-ethyl adjacent to an activating group) is 1. The van der Waals surface area contributed by atoms with Crippen LogP contribution < -0.4 is 0 Å². The first-order chi connectivity index (χ1) is 8.63. The van der Waals surface area contributed by atoms with E-state index in [4.69, 9.17) is 10.00 Å². The third-order valence-corrected chi connectivity index (χ3v) is 2.39. The number of ether oxygens (including phenoxy) is 1. The summed E-state index contributed by atoms with van der Waals surface area (Å²) >= 11 is 0. The highest BCUT2D eigenvalue weighted by molar-refractivity contribution is 5.16. The summed E-state index contributed by atoms with van der Waals surface area (Å²) in [4.78, 5) is 1.69. The van der Waals surface area contributed by atoms with Crippen LogP contribution in [-0.4, -0.2) is 42.9 Å². The minimum absolute atomic E-state index is 0.115. The van der Waals surface area contributed by atoms with Crippen LogP contribution in [0.25, 0.3) is 0 Å². The number of hydrogen-bond donors (Lipinski definition) is 1. The number of halogens is 1. The van der Waals surface area contributed by atoms with E-state index in [2.05, 4.69) is 0 Å². The summed E-state index contributed by atoms with van der Waals surface area (Å²) in [5.74, 6) is -0.311. The van der Waals surface area contributed by atoms with Crippen LogP contribution in [0.2, 0.25) is 0 Å². The van der Waals surface area contributed by atoms with Gasteiger partial charge in [-0.25, -0.2) is 4.39 Å². The highest BCUT2D eigenvalue weighted by atomic mass is 19.1. The average Bonchev–Trinajstić information content (AvgIpc) is 2.31. The van der Waals surface area contributed by atoms with Gasteiger partial charge in [-0.3, -0.25) is 4.90 Å². The molecule has 1 rings (SSSR count). The number of aliphatic hydroxyl groups is 1. The normalized spacial score (nSPS) is 12.4. The van der Waals surface area contributed by atoms with Crippen molar-refractivity contribution in [1.82, 2.24) is 4.90 Å². The van der Waals surface area contributed by atoms with E-state index >= 15 is 0 Å². The van der Waals surface area contributed by atoms with E-state index in [1.165, 1.54) is 6.07 Å². The molecule has 5 heteroatoms. The molecule has 1 N–H and O–H groups in total. The molecule has 0 heterocycles. The van der Waals surface area contributed by atoms with Gasteiger partial charge in [0, 0.05) is 12.1 Å². The molecule has 0 saturated heterocycles. The molecule has 0 radical (unpaired) electrons. The maximum atomic E-state index is 13.2. The molecule has 18 heavy (non-hydrogen) atoms. The lowest BCUT2D eigenvalue weighted by atomic mass is 10.2. The lowest BCUT2D eigenvalue weighted by molar-refractivity contribution is 0.0145. The van der Waals surface area contributed by atoms with Crippen LogP contribution in [0.1, 0.15) is 5.56 Å². The van der Waals surface area contributed by atoms with Crippen LogP contribution in [0.3, 0.4) is 0 Å². The Balaban J connectivity index is 2.26. The zero-order valence-corrected chi connectivity index (χ0v) is 10.3. The molecule has 0 saturated carbocycles. The zero-order chi connectivity index (χ0) is 13.4. The minimum atomic E-state index is -0.685. The first-order valence-electron chi connectivity index (χ1n) is 5.68. The molecular formula is C13H17FN2O2. The van der Waals surface area contributed by atoms with E-state index in [0.29, 0.717) is 12.1 Å². The van der Waals surface area contributed by atoms with Gasteiger partial charge in [-0.1, -0.05) is 18.2 Å². The van der Waals surface area contributed by atoms with Crippen molar-refractivity contribution in [3.8, 4) is 6.07 Å². The fourth-order valence-corrected chi connectivity index (χ4v) is 1.52. The molecule has 0 spiro atoms. The van der Waals surface area contributed by atoms with E-state index in [1.54, 1.807) is 30.1 Å². The van der Waals surface area contributed by atoms with Crippen molar-refractivity contribution in [2.24, 2.45) is 0 Å². The topological polar surface area (TPSA) is 56.5 Å². The summed E-state index contributed by atoms with van der Waals surface area (Å²) in [5.41, 5.74) is 0.468. The SMILES string of the molecule is CN(CC#N)CC(O)COCc1ccccc1F. The highest BCUT2D eigenvalue weighted by Crippen LogP contribution is 2.07. The Morgan fingerprint density at radius 1 is 1.50 bits per heavy atom. The zero-order valence-electron chi connectivity index (χ0n) is 10.3. The van der Waals surface area contributed by atoms with Crippen LogP contribution in [0.5, 0.6) is 0 Å².